The number of hydrogen-bond donors (Lipinski definition) is 3. The van der Waals surface area contributed by atoms with Crippen molar-refractivity contribution in [2.24, 2.45) is 0 Å². The van der Waals surface area contributed by atoms with E-state index >= 15 is 0 Å². The molecule has 3 N–H and O–H groups in total. The topological polar surface area (TPSA) is 113 Å². The molecular weight excluding hydrogens is 530 g/mol. The third-order valence-corrected chi connectivity index (χ3v) is 5.59. The molecule has 2 aromatic heterocycles. The molecule has 0 aliphatic rings. The molecule has 5 aromatic rings. The van der Waals surface area contributed by atoms with E-state index in [1.807, 2.05) is 24.3 Å². The number of imidazole rings is 1. The third-order valence-electron chi connectivity index (χ3n) is 5.59. The number of nitrogens with zero attached hydrogens (tertiary/aromatic N) is 3. The van der Waals surface area contributed by atoms with Crippen LogP contribution in [0, 0.1) is 0 Å². The van der Waals surface area contributed by atoms with Crippen LogP contribution in [-0.4, -0.2) is 36.7 Å². The summed E-state index contributed by atoms with van der Waals surface area (Å²) in [5.74, 6) is -0.807. The number of alkyl halides is 4. The normalized spacial score (nSPS) is 10.9. The van der Waals surface area contributed by atoms with Gasteiger partial charge in [0.2, 0.25) is 11.9 Å². The minimum atomic E-state index is -2.56. The Bertz CT molecular complexity index is 1580. The molecule has 0 saturated carbocycles. The van der Waals surface area contributed by atoms with Crippen molar-refractivity contribution in [1.82, 2.24) is 19.7 Å². The summed E-state index contributed by atoms with van der Waals surface area (Å²) >= 11 is 0. The second-order valence-corrected chi connectivity index (χ2v) is 8.64. The van der Waals surface area contributed by atoms with Crippen LogP contribution in [0.4, 0.5) is 23.2 Å². The molecule has 12 heteroatoms. The van der Waals surface area contributed by atoms with Crippen molar-refractivity contribution in [1.29, 1.82) is 0 Å². The van der Waals surface area contributed by atoms with Gasteiger partial charge in [-0.15, -0.1) is 0 Å². The highest BCUT2D eigenvalue weighted by Crippen LogP contribution is 2.21. The number of nitrogens with one attached hydrogen (secondary N) is 2. The highest BCUT2D eigenvalue weighted by atomic mass is 19.3. The molecule has 0 atom stereocenters. The molecule has 40 heavy (non-hydrogen) atoms. The number of amides is 1. The van der Waals surface area contributed by atoms with Gasteiger partial charge in [0.05, 0.1) is 42.0 Å². The molecule has 2 heterocycles. The first-order valence-electron chi connectivity index (χ1n) is 11.9. The maximum Gasteiger partial charge on any atom is 0.307 e. The van der Waals surface area contributed by atoms with Gasteiger partial charge < -0.3 is 15.4 Å². The lowest BCUT2D eigenvalue weighted by molar-refractivity contribution is -0.136. The van der Waals surface area contributed by atoms with Crippen LogP contribution in [0.15, 0.2) is 85.2 Å². The number of carboxylic acids is 1. The Hall–Kier alpha value is -5.00. The van der Waals surface area contributed by atoms with Crippen molar-refractivity contribution < 1.29 is 32.3 Å². The number of aliphatic carboxylic acids is 1. The summed E-state index contributed by atoms with van der Waals surface area (Å²) in [6.45, 7) is 0. The number of H-pyrrole nitrogens is 1. The number of hydrogen-bond acceptors (Lipinski definition) is 4. The van der Waals surface area contributed by atoms with E-state index in [0.717, 1.165) is 11.0 Å². The van der Waals surface area contributed by atoms with Crippen molar-refractivity contribution in [3.63, 3.8) is 0 Å². The zero-order chi connectivity index (χ0) is 28.6. The smallest absolute Gasteiger partial charge is 0.307 e. The highest BCUT2D eigenvalue weighted by molar-refractivity contribution is 5.92. The first-order valence-corrected chi connectivity index (χ1v) is 11.9. The van der Waals surface area contributed by atoms with Gasteiger partial charge >= 0.3 is 5.97 Å². The van der Waals surface area contributed by atoms with Gasteiger partial charge in [0.1, 0.15) is 0 Å². The van der Waals surface area contributed by atoms with Crippen LogP contribution in [-0.2, 0) is 22.4 Å². The number of benzene rings is 3. The average Bonchev–Trinajstić information content (AvgIpc) is 3.56. The lowest BCUT2D eigenvalue weighted by atomic mass is 10.1. The van der Waals surface area contributed by atoms with Crippen LogP contribution in [0.1, 0.15) is 35.1 Å². The fourth-order valence-electron chi connectivity index (χ4n) is 3.79. The number of aromatic amines is 1. The van der Waals surface area contributed by atoms with E-state index in [4.69, 9.17) is 5.11 Å². The summed E-state index contributed by atoms with van der Waals surface area (Å²) in [7, 11) is 0. The molecule has 0 fully saturated rings. The Morgan fingerprint density at radius 2 is 1.50 bits per heavy atom. The van der Waals surface area contributed by atoms with E-state index in [0.29, 0.717) is 22.8 Å². The summed E-state index contributed by atoms with van der Waals surface area (Å²) in [6, 6.07) is 18.8. The van der Waals surface area contributed by atoms with Gasteiger partial charge in [0, 0.05) is 11.1 Å². The molecule has 0 aliphatic heterocycles. The molecule has 0 saturated heterocycles. The molecule has 3 aromatic carbocycles. The highest BCUT2D eigenvalue weighted by Gasteiger charge is 2.12. The van der Waals surface area contributed by atoms with Gasteiger partial charge in [-0.2, -0.15) is 5.10 Å². The summed E-state index contributed by atoms with van der Waals surface area (Å²) in [4.78, 5) is 30.0. The number of carbonyl (C=O) groups is 2. The minimum Gasteiger partial charge on any atom is -0.481 e. The first kappa shape index (κ1) is 28.0. The molecule has 8 nitrogen and oxygen atoms in total. The largest absolute Gasteiger partial charge is 0.481 e. The Kier molecular flexibility index (Phi) is 8.89. The zero-order valence-corrected chi connectivity index (χ0v) is 20.8. The van der Waals surface area contributed by atoms with Crippen LogP contribution in [0.3, 0.4) is 0 Å². The van der Waals surface area contributed by atoms with Crippen molar-refractivity contribution in [3.8, 4) is 5.95 Å². The van der Waals surface area contributed by atoms with Gasteiger partial charge in [-0.3, -0.25) is 9.59 Å². The van der Waals surface area contributed by atoms with Crippen LogP contribution in [0.25, 0.3) is 17.0 Å². The van der Waals surface area contributed by atoms with Crippen LogP contribution in [0.5, 0.6) is 0 Å². The van der Waals surface area contributed by atoms with E-state index < -0.39 is 18.8 Å². The van der Waals surface area contributed by atoms with Gasteiger partial charge in [-0.25, -0.2) is 27.2 Å². The predicted molar refractivity (Wildman–Crippen MR) is 140 cm³/mol. The van der Waals surface area contributed by atoms with Gasteiger partial charge in [0.15, 0.2) is 0 Å². The van der Waals surface area contributed by atoms with Gasteiger partial charge in [-0.05, 0) is 35.4 Å². The molecule has 1 amide bonds. The van der Waals surface area contributed by atoms with Crippen LogP contribution >= 0.6 is 0 Å². The van der Waals surface area contributed by atoms with E-state index in [9.17, 15) is 27.2 Å². The lowest BCUT2D eigenvalue weighted by Gasteiger charge is -2.05. The fraction of sp³-hybridized carbons (Fsp3) is 0.143. The number of aromatic nitrogens is 4. The maximum absolute atomic E-state index is 12.8. The number of para-hydroxylation sites is 2. The third kappa shape index (κ3) is 7.53. The molecule has 206 valence electrons. The van der Waals surface area contributed by atoms with Gasteiger partial charge in [0.25, 0.3) is 12.9 Å². The zero-order valence-electron chi connectivity index (χ0n) is 20.8. The summed E-state index contributed by atoms with van der Waals surface area (Å²) in [5, 5.41) is 15.3. The number of halogens is 4. The Morgan fingerprint density at radius 3 is 2.10 bits per heavy atom. The summed E-state index contributed by atoms with van der Waals surface area (Å²) in [5.41, 5.74) is 2.86. The van der Waals surface area contributed by atoms with Crippen molar-refractivity contribution in [2.45, 2.75) is 25.7 Å². The standard InChI is InChI=1S/C19H15F2N5O.C9H8F2O2/c20-18(21)13-5-3-4-12(8-13)9-17(27)23-14-10-22-26(11-14)19-24-15-6-1-2-7-16(15)25-19;10-9(11)7-3-1-2-6(4-7)5-8(12)13/h1-8,10-11,18H,9H2,(H,23,27)(H,24,25);1-4,9H,5H2,(H,12,13). The molecule has 5 rings (SSSR count). The molecule has 0 unspecified atom stereocenters. The number of rotatable bonds is 8. The van der Waals surface area contributed by atoms with Gasteiger partial charge in [-0.1, -0.05) is 48.5 Å². The number of carbonyl (C=O) groups excluding carboxylic acids is 1. The van der Waals surface area contributed by atoms with Crippen molar-refractivity contribution in [2.75, 3.05) is 5.32 Å². The maximum atomic E-state index is 12.8. The predicted octanol–water partition coefficient (Wildman–Crippen LogP) is 6.12. The van der Waals surface area contributed by atoms with E-state index in [-0.39, 0.29) is 29.9 Å². The van der Waals surface area contributed by atoms with Crippen LogP contribution < -0.4 is 5.32 Å². The summed E-state index contributed by atoms with van der Waals surface area (Å²) < 4.78 is 51.3. The molecular formula is C28H23F4N5O3. The SMILES string of the molecule is O=C(Cc1cccc(C(F)F)c1)Nc1cnn(-c2nc3ccccc3[nH]2)c1.O=C(O)Cc1cccc(C(F)F)c1. The Labute approximate surface area is 225 Å². The van der Waals surface area contributed by atoms with Crippen molar-refractivity contribution in [3.05, 3.63) is 107 Å². The second-order valence-electron chi connectivity index (χ2n) is 8.64. The molecule has 0 bridgehead atoms. The quantitative estimate of drug-likeness (QED) is 0.201. The Balaban J connectivity index is 0.000000240. The number of anilines is 1. The van der Waals surface area contributed by atoms with Crippen molar-refractivity contribution >= 4 is 28.6 Å². The van der Waals surface area contributed by atoms with E-state index in [1.165, 1.54) is 53.3 Å². The van der Waals surface area contributed by atoms with Crippen LogP contribution in [0.2, 0.25) is 0 Å². The number of carboxylic acid groups (broad SMARTS) is 1. The molecule has 0 aliphatic carbocycles. The second kappa shape index (κ2) is 12.7. The molecule has 0 spiro atoms. The molecule has 0 radical (unpaired) electrons. The monoisotopic (exact) mass is 553 g/mol. The average molecular weight is 554 g/mol. The lowest BCUT2D eigenvalue weighted by Crippen LogP contribution is -2.14. The summed E-state index contributed by atoms with van der Waals surface area (Å²) in [6.07, 6.45) is -2.20. The van der Waals surface area contributed by atoms with E-state index in [2.05, 4.69) is 20.4 Å². The van der Waals surface area contributed by atoms with E-state index in [1.54, 1.807) is 12.3 Å². The Morgan fingerprint density at radius 1 is 0.875 bits per heavy atom. The first-order chi connectivity index (χ1) is 19.2. The minimum absolute atomic E-state index is 0.00359. The number of fused-ring (bicyclic) bond motifs is 1. The fourth-order valence-corrected chi connectivity index (χ4v) is 3.79.